The van der Waals surface area contributed by atoms with Gasteiger partial charge >= 0.3 is 0 Å². The normalized spacial score (nSPS) is 11.4. The Hall–Kier alpha value is -1.44. The van der Waals surface area contributed by atoms with Gasteiger partial charge in [-0.25, -0.2) is 0 Å². The Morgan fingerprint density at radius 3 is 1.41 bits per heavy atom. The molecule has 3 rings (SSSR count). The molecule has 0 aliphatic carbocycles. The van der Waals surface area contributed by atoms with Crippen LogP contribution in [-0.2, 0) is 0 Å². The van der Waals surface area contributed by atoms with Crippen molar-refractivity contribution in [1.82, 2.24) is 0 Å². The van der Waals surface area contributed by atoms with Gasteiger partial charge in [0.2, 0.25) is 0 Å². The molecule has 32 heavy (non-hydrogen) atoms. The Morgan fingerprint density at radius 1 is 0.531 bits per heavy atom. The molecule has 3 aromatic rings. The maximum absolute atomic E-state index is 2.44. The number of benzene rings is 3. The predicted octanol–water partition coefficient (Wildman–Crippen LogP) is 4.68. The highest BCUT2D eigenvalue weighted by Gasteiger charge is 2.44. The van der Waals surface area contributed by atoms with Gasteiger partial charge in [-0.3, -0.25) is 0 Å². The van der Waals surface area contributed by atoms with Gasteiger partial charge in [0.1, 0.15) is 23.2 Å². The van der Waals surface area contributed by atoms with Crippen molar-refractivity contribution >= 4 is 23.2 Å². The molecule has 0 aromatic heterocycles. The van der Waals surface area contributed by atoms with Crippen LogP contribution in [0.2, 0.25) is 0 Å². The lowest BCUT2D eigenvalue weighted by molar-refractivity contribution is -0.00000625. The van der Waals surface area contributed by atoms with E-state index in [-0.39, 0.29) is 24.0 Å². The second kappa shape index (κ2) is 15.4. The lowest BCUT2D eigenvalue weighted by Gasteiger charge is -2.27. The van der Waals surface area contributed by atoms with Gasteiger partial charge in [0.05, 0.1) is 6.16 Å². The first-order valence-electron chi connectivity index (χ1n) is 12.1. The molecular formula is C30H38IP. The summed E-state index contributed by atoms with van der Waals surface area (Å²) < 4.78 is 0. The van der Waals surface area contributed by atoms with Crippen LogP contribution < -0.4 is 39.9 Å². The quantitative estimate of drug-likeness (QED) is 0.124. The minimum absolute atomic E-state index is 0. The molecule has 0 aliphatic rings. The standard InChI is InChI=1S/C30H38P.HI/c1-2-3-4-5-6-7-8-9-10-20-27-31(28-21-14-11-15-22-28,29-23-16-12-17-24-29)30-25-18-13-19-26-30;/h9-19,21-26H,2-8,20,27H2,1H3;1H/q+1;/p-1/b10-9-;. The molecule has 0 unspecified atom stereocenters. The maximum atomic E-state index is 2.44. The molecule has 0 spiro atoms. The minimum Gasteiger partial charge on any atom is -1.00 e. The van der Waals surface area contributed by atoms with Crippen molar-refractivity contribution in [2.75, 3.05) is 6.16 Å². The molecule has 0 fully saturated rings. The molecular weight excluding hydrogens is 518 g/mol. The zero-order valence-electron chi connectivity index (χ0n) is 19.5. The van der Waals surface area contributed by atoms with E-state index >= 15 is 0 Å². The Bertz CT molecular complexity index is 778. The van der Waals surface area contributed by atoms with Crippen molar-refractivity contribution in [3.63, 3.8) is 0 Å². The monoisotopic (exact) mass is 556 g/mol. The van der Waals surface area contributed by atoms with Crippen molar-refractivity contribution in [3.8, 4) is 0 Å². The third kappa shape index (κ3) is 7.56. The zero-order valence-corrected chi connectivity index (χ0v) is 22.6. The molecule has 0 amide bonds. The fourth-order valence-corrected chi connectivity index (χ4v) is 8.68. The van der Waals surface area contributed by atoms with E-state index in [0.717, 1.165) is 6.42 Å². The summed E-state index contributed by atoms with van der Waals surface area (Å²) in [5.74, 6) is 0. The minimum atomic E-state index is -1.68. The van der Waals surface area contributed by atoms with E-state index in [2.05, 4.69) is 110 Å². The average molecular weight is 557 g/mol. The third-order valence-electron chi connectivity index (χ3n) is 6.11. The first-order chi connectivity index (χ1) is 15.4. The van der Waals surface area contributed by atoms with Gasteiger partial charge in [-0.15, -0.1) is 0 Å². The van der Waals surface area contributed by atoms with E-state index in [1.807, 2.05) is 0 Å². The Morgan fingerprint density at radius 2 is 0.938 bits per heavy atom. The SMILES string of the molecule is CCCCCCCC/C=C\CC[P+](c1ccccc1)(c1ccccc1)c1ccccc1.[I-]. The summed E-state index contributed by atoms with van der Waals surface area (Å²) in [7, 11) is -1.68. The molecule has 0 saturated heterocycles. The van der Waals surface area contributed by atoms with Gasteiger partial charge in [-0.2, -0.15) is 0 Å². The third-order valence-corrected chi connectivity index (χ3v) is 10.6. The Balaban J connectivity index is 0.00000363. The van der Waals surface area contributed by atoms with Gasteiger partial charge in [0.25, 0.3) is 0 Å². The van der Waals surface area contributed by atoms with E-state index < -0.39 is 7.26 Å². The summed E-state index contributed by atoms with van der Waals surface area (Å²) >= 11 is 0. The van der Waals surface area contributed by atoms with Gasteiger partial charge in [0.15, 0.2) is 0 Å². The molecule has 0 bridgehead atoms. The molecule has 0 nitrogen and oxygen atoms in total. The van der Waals surface area contributed by atoms with Crippen molar-refractivity contribution < 1.29 is 24.0 Å². The van der Waals surface area contributed by atoms with E-state index in [1.54, 1.807) is 0 Å². The van der Waals surface area contributed by atoms with E-state index in [4.69, 9.17) is 0 Å². The van der Waals surface area contributed by atoms with Crippen LogP contribution in [-0.4, -0.2) is 6.16 Å². The highest BCUT2D eigenvalue weighted by atomic mass is 127. The van der Waals surface area contributed by atoms with Crippen LogP contribution in [0.15, 0.2) is 103 Å². The number of hydrogen-bond donors (Lipinski definition) is 0. The number of hydrogen-bond acceptors (Lipinski definition) is 0. The second-order valence-electron chi connectivity index (χ2n) is 8.36. The van der Waals surface area contributed by atoms with Crippen LogP contribution in [0.5, 0.6) is 0 Å². The summed E-state index contributed by atoms with van der Waals surface area (Å²) in [5, 5.41) is 4.45. The first kappa shape index (κ1) is 26.8. The van der Waals surface area contributed by atoms with Gasteiger partial charge < -0.3 is 24.0 Å². The molecule has 0 heterocycles. The Labute approximate surface area is 213 Å². The smallest absolute Gasteiger partial charge is 0.112 e. The first-order valence-corrected chi connectivity index (χ1v) is 14.1. The Kier molecular flexibility index (Phi) is 12.9. The van der Waals surface area contributed by atoms with Crippen LogP contribution in [0.25, 0.3) is 0 Å². The average Bonchev–Trinajstić information content (AvgIpc) is 2.84. The second-order valence-corrected chi connectivity index (χ2v) is 12.0. The summed E-state index contributed by atoms with van der Waals surface area (Å²) in [6, 6.07) is 33.6. The van der Waals surface area contributed by atoms with Crippen molar-refractivity contribution in [3.05, 3.63) is 103 Å². The number of allylic oxidation sites excluding steroid dienone is 2. The van der Waals surface area contributed by atoms with Crippen molar-refractivity contribution in [2.24, 2.45) is 0 Å². The molecule has 170 valence electrons. The van der Waals surface area contributed by atoms with Crippen molar-refractivity contribution in [1.29, 1.82) is 0 Å². The van der Waals surface area contributed by atoms with E-state index in [9.17, 15) is 0 Å². The summed E-state index contributed by atoms with van der Waals surface area (Å²) in [6.45, 7) is 2.28. The number of unbranched alkanes of at least 4 members (excludes halogenated alkanes) is 6. The fraction of sp³-hybridized carbons (Fsp3) is 0.333. The summed E-state index contributed by atoms with van der Waals surface area (Å²) in [5.41, 5.74) is 0. The van der Waals surface area contributed by atoms with Crippen LogP contribution in [0, 0.1) is 0 Å². The van der Waals surface area contributed by atoms with Gasteiger partial charge in [-0.05, 0) is 49.2 Å². The highest BCUT2D eigenvalue weighted by molar-refractivity contribution is 7.95. The predicted molar refractivity (Wildman–Crippen MR) is 142 cm³/mol. The van der Waals surface area contributed by atoms with E-state index in [0.29, 0.717) is 0 Å². The maximum Gasteiger partial charge on any atom is 0.112 e. The van der Waals surface area contributed by atoms with Crippen molar-refractivity contribution in [2.45, 2.75) is 58.3 Å². The van der Waals surface area contributed by atoms with E-state index in [1.165, 1.54) is 67.0 Å². The van der Waals surface area contributed by atoms with Gasteiger partial charge in [0, 0.05) is 6.42 Å². The number of rotatable bonds is 13. The molecule has 2 heteroatoms. The zero-order chi connectivity index (χ0) is 21.6. The van der Waals surface area contributed by atoms with Crippen LogP contribution >= 0.6 is 7.26 Å². The van der Waals surface area contributed by atoms with Gasteiger partial charge in [-0.1, -0.05) is 106 Å². The fourth-order valence-electron chi connectivity index (χ4n) is 4.43. The molecule has 0 atom stereocenters. The molecule has 0 radical (unpaired) electrons. The molecule has 0 N–H and O–H groups in total. The van der Waals surface area contributed by atoms with Crippen LogP contribution in [0.4, 0.5) is 0 Å². The number of halogens is 1. The summed E-state index contributed by atoms with van der Waals surface area (Å²) in [4.78, 5) is 0. The summed E-state index contributed by atoms with van der Waals surface area (Å²) in [6.07, 6.45) is 16.6. The van der Waals surface area contributed by atoms with Crippen LogP contribution in [0.3, 0.4) is 0 Å². The molecule has 0 saturated carbocycles. The lowest BCUT2D eigenvalue weighted by Crippen LogP contribution is -3.00. The topological polar surface area (TPSA) is 0 Å². The largest absolute Gasteiger partial charge is 1.00 e. The van der Waals surface area contributed by atoms with Crippen LogP contribution in [0.1, 0.15) is 58.3 Å². The molecule has 0 aliphatic heterocycles. The molecule has 3 aromatic carbocycles. The lowest BCUT2D eigenvalue weighted by atomic mass is 10.1. The highest BCUT2D eigenvalue weighted by Crippen LogP contribution is 2.55.